The van der Waals surface area contributed by atoms with Crippen molar-refractivity contribution in [1.82, 2.24) is 10.5 Å². The number of hydrogen-bond acceptors (Lipinski definition) is 3. The molecule has 0 bridgehead atoms. The highest BCUT2D eigenvalue weighted by Crippen LogP contribution is 2.41. The first-order chi connectivity index (χ1) is 9.88. The lowest BCUT2D eigenvalue weighted by molar-refractivity contribution is 0.0240. The van der Waals surface area contributed by atoms with E-state index in [0.717, 1.165) is 13.0 Å². The SMILES string of the molecule is NNN1CCCCC1(c1ccccc1)c1ccccc1. The molecule has 3 nitrogen and oxygen atoms in total. The van der Waals surface area contributed by atoms with E-state index in [2.05, 4.69) is 71.2 Å². The number of hydrogen-bond donors (Lipinski definition) is 2. The lowest BCUT2D eigenvalue weighted by atomic mass is 9.76. The van der Waals surface area contributed by atoms with Crippen LogP contribution in [0.3, 0.4) is 0 Å². The first-order valence-electron chi connectivity index (χ1n) is 7.23. The lowest BCUT2D eigenvalue weighted by Crippen LogP contribution is -2.58. The van der Waals surface area contributed by atoms with Crippen molar-refractivity contribution in [2.75, 3.05) is 6.54 Å². The number of benzene rings is 2. The van der Waals surface area contributed by atoms with Crippen LogP contribution in [0.15, 0.2) is 60.7 Å². The van der Waals surface area contributed by atoms with E-state index >= 15 is 0 Å². The van der Waals surface area contributed by atoms with Crippen LogP contribution in [0.4, 0.5) is 0 Å². The molecule has 20 heavy (non-hydrogen) atoms. The average Bonchev–Trinajstić information content (AvgIpc) is 2.56. The van der Waals surface area contributed by atoms with Gasteiger partial charge in [-0.15, -0.1) is 0 Å². The van der Waals surface area contributed by atoms with Gasteiger partial charge in [0.1, 0.15) is 0 Å². The maximum Gasteiger partial charge on any atom is 0.0864 e. The zero-order valence-electron chi connectivity index (χ0n) is 11.6. The van der Waals surface area contributed by atoms with E-state index in [1.54, 1.807) is 0 Å². The molecular formula is C17H21N3. The van der Waals surface area contributed by atoms with E-state index in [9.17, 15) is 0 Å². The lowest BCUT2D eigenvalue weighted by Gasteiger charge is -2.47. The summed E-state index contributed by atoms with van der Waals surface area (Å²) >= 11 is 0. The summed E-state index contributed by atoms with van der Waals surface area (Å²) in [6.45, 7) is 0.959. The number of piperidine rings is 1. The normalized spacial score (nSPS) is 18.9. The summed E-state index contributed by atoms with van der Waals surface area (Å²) in [7, 11) is 0. The molecule has 2 aromatic carbocycles. The highest BCUT2D eigenvalue weighted by molar-refractivity contribution is 5.38. The van der Waals surface area contributed by atoms with Crippen LogP contribution in [-0.2, 0) is 5.54 Å². The molecule has 2 aromatic rings. The van der Waals surface area contributed by atoms with Crippen LogP contribution in [0, 0.1) is 0 Å². The molecule has 0 radical (unpaired) electrons. The zero-order valence-corrected chi connectivity index (χ0v) is 11.6. The van der Waals surface area contributed by atoms with Crippen molar-refractivity contribution in [3.63, 3.8) is 0 Å². The first-order valence-corrected chi connectivity index (χ1v) is 7.23. The second-order valence-electron chi connectivity index (χ2n) is 5.33. The van der Waals surface area contributed by atoms with Gasteiger partial charge in [-0.1, -0.05) is 60.7 Å². The van der Waals surface area contributed by atoms with Crippen LogP contribution >= 0.6 is 0 Å². The van der Waals surface area contributed by atoms with Gasteiger partial charge in [0.25, 0.3) is 0 Å². The third-order valence-corrected chi connectivity index (χ3v) is 4.29. The van der Waals surface area contributed by atoms with Crippen LogP contribution < -0.4 is 11.4 Å². The minimum absolute atomic E-state index is 0.171. The van der Waals surface area contributed by atoms with Crippen LogP contribution in [-0.4, -0.2) is 11.6 Å². The predicted molar refractivity (Wildman–Crippen MR) is 81.5 cm³/mol. The molecule has 3 heteroatoms. The molecule has 0 spiro atoms. The Morgan fingerprint density at radius 3 is 1.90 bits per heavy atom. The van der Waals surface area contributed by atoms with Crippen molar-refractivity contribution in [1.29, 1.82) is 0 Å². The minimum atomic E-state index is -0.171. The van der Waals surface area contributed by atoms with Crippen molar-refractivity contribution >= 4 is 0 Å². The molecule has 0 unspecified atom stereocenters. The molecule has 0 saturated carbocycles. The first kappa shape index (κ1) is 13.3. The third kappa shape index (κ3) is 2.14. The van der Waals surface area contributed by atoms with Crippen molar-refractivity contribution in [3.05, 3.63) is 71.8 Å². The molecular weight excluding hydrogens is 246 g/mol. The minimum Gasteiger partial charge on any atom is -0.258 e. The van der Waals surface area contributed by atoms with Gasteiger partial charge >= 0.3 is 0 Å². The van der Waals surface area contributed by atoms with Crippen LogP contribution in [0.25, 0.3) is 0 Å². The number of nitrogens with zero attached hydrogens (tertiary/aromatic N) is 1. The summed E-state index contributed by atoms with van der Waals surface area (Å²) in [6, 6.07) is 21.3. The van der Waals surface area contributed by atoms with Crippen molar-refractivity contribution in [2.24, 2.45) is 5.84 Å². The van der Waals surface area contributed by atoms with E-state index in [0.29, 0.717) is 0 Å². The number of nitrogens with two attached hydrogens (primary N) is 1. The Kier molecular flexibility index (Phi) is 3.83. The van der Waals surface area contributed by atoms with Gasteiger partial charge in [-0.05, 0) is 30.4 Å². The number of nitrogens with one attached hydrogen (secondary N) is 1. The molecule has 0 aromatic heterocycles. The second-order valence-corrected chi connectivity index (χ2v) is 5.33. The molecule has 0 amide bonds. The van der Waals surface area contributed by atoms with Gasteiger partial charge in [0.15, 0.2) is 0 Å². The standard InChI is InChI=1S/C17H21N3/c18-19-20-14-8-7-13-17(20,15-9-3-1-4-10-15)16-11-5-2-6-12-16/h1-6,9-12,19H,7-8,13-14,18H2. The fourth-order valence-corrected chi connectivity index (χ4v) is 3.35. The summed E-state index contributed by atoms with van der Waals surface area (Å²) in [6.07, 6.45) is 3.46. The molecule has 1 aliphatic rings. The Morgan fingerprint density at radius 2 is 1.40 bits per heavy atom. The molecule has 3 rings (SSSR count). The van der Waals surface area contributed by atoms with E-state index in [4.69, 9.17) is 5.84 Å². The van der Waals surface area contributed by atoms with Gasteiger partial charge in [0.2, 0.25) is 0 Å². The van der Waals surface area contributed by atoms with Gasteiger partial charge in [-0.2, -0.15) is 5.53 Å². The number of rotatable bonds is 3. The molecule has 0 aliphatic carbocycles. The summed E-state index contributed by atoms with van der Waals surface area (Å²) in [5, 5.41) is 2.18. The fourth-order valence-electron chi connectivity index (χ4n) is 3.35. The highest BCUT2D eigenvalue weighted by atomic mass is 15.7. The zero-order chi connectivity index (χ0) is 13.8. The van der Waals surface area contributed by atoms with E-state index in [1.807, 2.05) is 0 Å². The van der Waals surface area contributed by atoms with Crippen LogP contribution in [0.2, 0.25) is 0 Å². The Bertz CT molecular complexity index is 499. The molecule has 1 heterocycles. The van der Waals surface area contributed by atoms with Gasteiger partial charge < -0.3 is 0 Å². The van der Waals surface area contributed by atoms with E-state index in [1.165, 1.54) is 24.0 Å². The molecule has 0 atom stereocenters. The Hall–Kier alpha value is -1.68. The maximum atomic E-state index is 5.83. The summed E-state index contributed by atoms with van der Waals surface area (Å²) < 4.78 is 0. The molecule has 3 N–H and O–H groups in total. The monoisotopic (exact) mass is 267 g/mol. The van der Waals surface area contributed by atoms with Crippen molar-refractivity contribution < 1.29 is 0 Å². The Labute approximate surface area is 120 Å². The van der Waals surface area contributed by atoms with E-state index < -0.39 is 0 Å². The molecule has 104 valence electrons. The average molecular weight is 267 g/mol. The number of hydrazine groups is 2. The second kappa shape index (κ2) is 5.75. The van der Waals surface area contributed by atoms with E-state index in [-0.39, 0.29) is 5.54 Å². The third-order valence-electron chi connectivity index (χ3n) is 4.29. The fraction of sp³-hybridized carbons (Fsp3) is 0.294. The predicted octanol–water partition coefficient (Wildman–Crippen LogP) is 2.79. The molecule has 1 fully saturated rings. The Balaban J connectivity index is 2.17. The summed E-state index contributed by atoms with van der Waals surface area (Å²) in [4.78, 5) is 0. The van der Waals surface area contributed by atoms with Crippen LogP contribution in [0.1, 0.15) is 30.4 Å². The molecule has 1 aliphatic heterocycles. The van der Waals surface area contributed by atoms with Gasteiger partial charge in [0.05, 0.1) is 5.54 Å². The topological polar surface area (TPSA) is 41.3 Å². The Morgan fingerprint density at radius 1 is 0.850 bits per heavy atom. The van der Waals surface area contributed by atoms with Gasteiger partial charge in [-0.25, -0.2) is 5.01 Å². The highest BCUT2D eigenvalue weighted by Gasteiger charge is 2.41. The smallest absolute Gasteiger partial charge is 0.0864 e. The van der Waals surface area contributed by atoms with Gasteiger partial charge in [0, 0.05) is 6.54 Å². The van der Waals surface area contributed by atoms with Crippen molar-refractivity contribution in [2.45, 2.75) is 24.8 Å². The molecule has 1 saturated heterocycles. The van der Waals surface area contributed by atoms with Gasteiger partial charge in [-0.3, -0.25) is 5.84 Å². The largest absolute Gasteiger partial charge is 0.258 e. The van der Waals surface area contributed by atoms with Crippen molar-refractivity contribution in [3.8, 4) is 0 Å². The quantitative estimate of drug-likeness (QED) is 0.663. The maximum absolute atomic E-state index is 5.83. The van der Waals surface area contributed by atoms with Crippen LogP contribution in [0.5, 0.6) is 0 Å². The summed E-state index contributed by atoms with van der Waals surface area (Å²) in [5.74, 6) is 5.83. The summed E-state index contributed by atoms with van der Waals surface area (Å²) in [5.41, 5.74) is 5.34.